The van der Waals surface area contributed by atoms with Crippen LogP contribution in [0.5, 0.6) is 0 Å². The normalized spacial score (nSPS) is 28.4. The summed E-state index contributed by atoms with van der Waals surface area (Å²) in [6.07, 6.45) is 3.90. The lowest BCUT2D eigenvalue weighted by atomic mass is 10.1. The van der Waals surface area contributed by atoms with E-state index >= 15 is 0 Å². The molecule has 0 aromatic heterocycles. The van der Waals surface area contributed by atoms with E-state index in [1.54, 1.807) is 0 Å². The largest absolute Gasteiger partial charge is 0.379 e. The van der Waals surface area contributed by atoms with E-state index in [0.717, 1.165) is 21.2 Å². The van der Waals surface area contributed by atoms with E-state index < -0.39 is 0 Å². The van der Waals surface area contributed by atoms with E-state index in [0.29, 0.717) is 6.04 Å². The molecule has 1 aromatic rings. The molecule has 2 saturated heterocycles. The Morgan fingerprint density at radius 2 is 2.18 bits per heavy atom. The van der Waals surface area contributed by atoms with Crippen molar-refractivity contribution in [2.75, 3.05) is 18.4 Å². The summed E-state index contributed by atoms with van der Waals surface area (Å²) in [5.41, 5.74) is 1.06. The maximum absolute atomic E-state index is 6.24. The molecule has 17 heavy (non-hydrogen) atoms. The van der Waals surface area contributed by atoms with Crippen molar-refractivity contribution >= 4 is 33.2 Å². The molecule has 92 valence electrons. The summed E-state index contributed by atoms with van der Waals surface area (Å²) in [7, 11) is 0. The summed E-state index contributed by atoms with van der Waals surface area (Å²) in [6, 6.07) is 7.33. The van der Waals surface area contributed by atoms with Crippen LogP contribution in [0.2, 0.25) is 5.02 Å². The van der Waals surface area contributed by atoms with Crippen LogP contribution >= 0.6 is 27.5 Å². The monoisotopic (exact) mass is 314 g/mol. The lowest BCUT2D eigenvalue weighted by molar-refractivity contribution is 0.318. The van der Waals surface area contributed by atoms with Crippen LogP contribution in [0.1, 0.15) is 19.3 Å². The highest BCUT2D eigenvalue weighted by atomic mass is 79.9. The summed E-state index contributed by atoms with van der Waals surface area (Å²) in [4.78, 5) is 2.60. The highest BCUT2D eigenvalue weighted by Gasteiger charge is 2.37. The summed E-state index contributed by atoms with van der Waals surface area (Å²) in [6.45, 7) is 2.51. The predicted octanol–water partition coefficient (Wildman–Crippen LogP) is 3.75. The Morgan fingerprint density at radius 3 is 3.00 bits per heavy atom. The zero-order valence-corrected chi connectivity index (χ0v) is 12.0. The number of nitrogens with zero attached hydrogens (tertiary/aromatic N) is 1. The molecule has 2 fully saturated rings. The molecule has 0 saturated carbocycles. The molecule has 0 amide bonds. The van der Waals surface area contributed by atoms with Crippen LogP contribution in [-0.4, -0.2) is 30.1 Å². The lowest BCUT2D eigenvalue weighted by Gasteiger charge is -2.22. The fourth-order valence-corrected chi connectivity index (χ4v) is 3.79. The lowest BCUT2D eigenvalue weighted by Crippen LogP contribution is -2.33. The number of halogens is 2. The molecule has 2 unspecified atom stereocenters. The molecule has 2 nitrogen and oxygen atoms in total. The maximum atomic E-state index is 6.24. The Hall–Kier alpha value is -0.250. The molecular weight excluding hydrogens is 300 g/mol. The third kappa shape index (κ3) is 2.33. The van der Waals surface area contributed by atoms with Gasteiger partial charge in [0.05, 0.1) is 10.7 Å². The minimum Gasteiger partial charge on any atom is -0.379 e. The van der Waals surface area contributed by atoms with Gasteiger partial charge in [0.15, 0.2) is 0 Å². The van der Waals surface area contributed by atoms with Gasteiger partial charge in [-0.25, -0.2) is 0 Å². The molecule has 0 aliphatic carbocycles. The smallest absolute Gasteiger partial charge is 0.0648 e. The minimum absolute atomic E-state index is 0.566. The van der Waals surface area contributed by atoms with Crippen molar-refractivity contribution in [2.24, 2.45) is 0 Å². The second kappa shape index (κ2) is 4.79. The minimum atomic E-state index is 0.566. The van der Waals surface area contributed by atoms with E-state index in [4.69, 9.17) is 11.6 Å². The molecule has 2 atom stereocenters. The molecule has 2 aliphatic rings. The molecular formula is C13H16BrClN2. The van der Waals surface area contributed by atoms with Crippen LogP contribution in [0.25, 0.3) is 0 Å². The maximum Gasteiger partial charge on any atom is 0.0648 e. The van der Waals surface area contributed by atoms with Gasteiger partial charge in [-0.1, -0.05) is 27.5 Å². The van der Waals surface area contributed by atoms with Crippen LogP contribution < -0.4 is 5.32 Å². The van der Waals surface area contributed by atoms with E-state index in [1.165, 1.54) is 32.4 Å². The summed E-state index contributed by atoms with van der Waals surface area (Å²) in [5, 5.41) is 4.42. The second-order valence-electron chi connectivity index (χ2n) is 4.91. The van der Waals surface area contributed by atoms with Gasteiger partial charge in [-0.05, 0) is 44.0 Å². The highest BCUT2D eigenvalue weighted by Crippen LogP contribution is 2.32. The third-order valence-corrected chi connectivity index (χ3v) is 4.68. The van der Waals surface area contributed by atoms with Crippen LogP contribution in [0.4, 0.5) is 5.69 Å². The first kappa shape index (κ1) is 11.8. The molecule has 0 spiro atoms. The van der Waals surface area contributed by atoms with E-state index in [1.807, 2.05) is 12.1 Å². The number of fused-ring (bicyclic) bond motifs is 1. The molecule has 1 aromatic carbocycles. The first-order valence-corrected chi connectivity index (χ1v) is 7.37. The van der Waals surface area contributed by atoms with Crippen molar-refractivity contribution in [1.82, 2.24) is 4.90 Å². The van der Waals surface area contributed by atoms with E-state index in [9.17, 15) is 0 Å². The van der Waals surface area contributed by atoms with Gasteiger partial charge in [-0.15, -0.1) is 0 Å². The number of benzene rings is 1. The van der Waals surface area contributed by atoms with Crippen molar-refractivity contribution in [3.8, 4) is 0 Å². The van der Waals surface area contributed by atoms with Gasteiger partial charge in [0, 0.05) is 23.1 Å². The quantitative estimate of drug-likeness (QED) is 0.894. The number of anilines is 1. The molecule has 2 aliphatic heterocycles. The first-order chi connectivity index (χ1) is 8.24. The third-order valence-electron chi connectivity index (χ3n) is 3.88. The van der Waals surface area contributed by atoms with E-state index in [2.05, 4.69) is 32.2 Å². The number of hydrogen-bond acceptors (Lipinski definition) is 2. The summed E-state index contributed by atoms with van der Waals surface area (Å²) in [5.74, 6) is 0. The zero-order chi connectivity index (χ0) is 11.8. The van der Waals surface area contributed by atoms with Crippen LogP contribution in [0, 0.1) is 0 Å². The molecule has 1 N–H and O–H groups in total. The molecule has 4 heteroatoms. The van der Waals surface area contributed by atoms with Gasteiger partial charge >= 0.3 is 0 Å². The standard InChI is InChI=1S/C13H16BrClN2/c14-9-3-4-11(10(15)8-9)16-12-5-7-17-6-1-2-13(12)17/h3-4,8,12-13,16H,1-2,5-7H2. The molecule has 0 radical (unpaired) electrons. The highest BCUT2D eigenvalue weighted by molar-refractivity contribution is 9.10. The number of rotatable bonds is 2. The Bertz CT molecular complexity index is 424. The summed E-state index contributed by atoms with van der Waals surface area (Å²) >= 11 is 9.68. The van der Waals surface area contributed by atoms with Gasteiger partial charge in [0.1, 0.15) is 0 Å². The van der Waals surface area contributed by atoms with Crippen molar-refractivity contribution < 1.29 is 0 Å². The average molecular weight is 316 g/mol. The second-order valence-corrected chi connectivity index (χ2v) is 6.23. The van der Waals surface area contributed by atoms with Crippen LogP contribution in [-0.2, 0) is 0 Å². The van der Waals surface area contributed by atoms with E-state index in [-0.39, 0.29) is 0 Å². The van der Waals surface area contributed by atoms with Gasteiger partial charge in [-0.2, -0.15) is 0 Å². The number of nitrogens with one attached hydrogen (secondary N) is 1. The van der Waals surface area contributed by atoms with Crippen molar-refractivity contribution in [3.05, 3.63) is 27.7 Å². The van der Waals surface area contributed by atoms with Crippen LogP contribution in [0.3, 0.4) is 0 Å². The van der Waals surface area contributed by atoms with Gasteiger partial charge in [0.2, 0.25) is 0 Å². The van der Waals surface area contributed by atoms with Gasteiger partial charge in [-0.3, -0.25) is 4.90 Å². The van der Waals surface area contributed by atoms with Gasteiger partial charge in [0.25, 0.3) is 0 Å². The van der Waals surface area contributed by atoms with Gasteiger partial charge < -0.3 is 5.32 Å². The first-order valence-electron chi connectivity index (χ1n) is 6.20. The fraction of sp³-hybridized carbons (Fsp3) is 0.538. The van der Waals surface area contributed by atoms with Crippen LogP contribution in [0.15, 0.2) is 22.7 Å². The Balaban J connectivity index is 1.74. The molecule has 2 heterocycles. The number of hydrogen-bond donors (Lipinski definition) is 1. The fourth-order valence-electron chi connectivity index (χ4n) is 3.06. The Kier molecular flexibility index (Phi) is 3.33. The molecule has 3 rings (SSSR count). The predicted molar refractivity (Wildman–Crippen MR) is 75.8 cm³/mol. The topological polar surface area (TPSA) is 15.3 Å². The van der Waals surface area contributed by atoms with Crippen molar-refractivity contribution in [2.45, 2.75) is 31.3 Å². The Labute approximate surface area is 115 Å². The van der Waals surface area contributed by atoms with Crippen molar-refractivity contribution in [3.63, 3.8) is 0 Å². The Morgan fingerprint density at radius 1 is 1.29 bits per heavy atom. The zero-order valence-electron chi connectivity index (χ0n) is 9.63. The van der Waals surface area contributed by atoms with Crippen molar-refractivity contribution in [1.29, 1.82) is 0 Å². The molecule has 0 bridgehead atoms. The SMILES string of the molecule is Clc1cc(Br)ccc1NC1CCN2CCCC12. The summed E-state index contributed by atoms with van der Waals surface area (Å²) < 4.78 is 1.03. The average Bonchev–Trinajstić information content (AvgIpc) is 2.86.